The molecule has 0 aliphatic carbocycles. The van der Waals surface area contributed by atoms with Crippen LogP contribution in [0.1, 0.15) is 19.4 Å². The van der Waals surface area contributed by atoms with Crippen molar-refractivity contribution in [2.75, 3.05) is 4.90 Å². The van der Waals surface area contributed by atoms with Crippen molar-refractivity contribution in [2.45, 2.75) is 26.6 Å². The number of anilines is 3. The summed E-state index contributed by atoms with van der Waals surface area (Å²) in [6.07, 6.45) is 0. The molecule has 1 aliphatic rings. The van der Waals surface area contributed by atoms with Crippen molar-refractivity contribution in [1.29, 1.82) is 0 Å². The van der Waals surface area contributed by atoms with E-state index in [0.29, 0.717) is 0 Å². The van der Waals surface area contributed by atoms with E-state index in [9.17, 15) is 0 Å². The highest BCUT2D eigenvalue weighted by Crippen LogP contribution is 2.43. The molecule has 0 N–H and O–H groups in total. The summed E-state index contributed by atoms with van der Waals surface area (Å²) in [6.45, 7) is 6.00. The van der Waals surface area contributed by atoms with E-state index in [2.05, 4.69) is 90.7 Å². The molecule has 3 nitrogen and oxygen atoms in total. The van der Waals surface area contributed by atoms with Crippen LogP contribution in [0, 0.1) is 6.92 Å². The highest BCUT2D eigenvalue weighted by molar-refractivity contribution is 5.81. The summed E-state index contributed by atoms with van der Waals surface area (Å²) < 4.78 is 11.8. The summed E-state index contributed by atoms with van der Waals surface area (Å²) in [5.41, 5.74) is 6.84. The van der Waals surface area contributed by atoms with E-state index >= 15 is 0 Å². The van der Waals surface area contributed by atoms with E-state index in [-0.39, 0.29) is 0 Å². The molecule has 0 fully saturated rings. The lowest BCUT2D eigenvalue weighted by molar-refractivity contribution is -0.0431. The van der Waals surface area contributed by atoms with Crippen molar-refractivity contribution < 1.29 is 9.47 Å². The van der Waals surface area contributed by atoms with Crippen LogP contribution >= 0.6 is 0 Å². The van der Waals surface area contributed by atoms with Crippen LogP contribution in [0.3, 0.4) is 0 Å². The molecule has 31 heavy (non-hydrogen) atoms. The van der Waals surface area contributed by atoms with Gasteiger partial charge < -0.3 is 14.4 Å². The average molecular weight is 408 g/mol. The zero-order chi connectivity index (χ0) is 21.4. The first-order valence-corrected chi connectivity index (χ1v) is 10.5. The summed E-state index contributed by atoms with van der Waals surface area (Å²) in [7, 11) is 0. The number of hydrogen-bond acceptors (Lipinski definition) is 3. The molecular weight excluding hydrogens is 382 g/mol. The standard InChI is InChI=1S/C28H25NO2/c1-20-14-16-24(29(22-10-6-4-7-11-22)23-12-8-5-9-13-23)19-25(20)21-15-17-26-27(18-21)31-28(2,3)30-26/h4-19H,1-3H3. The second-order valence-electron chi connectivity index (χ2n) is 8.27. The van der Waals surface area contributed by atoms with Crippen molar-refractivity contribution >= 4 is 17.1 Å². The van der Waals surface area contributed by atoms with Gasteiger partial charge in [-0.2, -0.15) is 0 Å². The van der Waals surface area contributed by atoms with Crippen molar-refractivity contribution in [2.24, 2.45) is 0 Å². The Morgan fingerprint density at radius 2 is 1.23 bits per heavy atom. The molecule has 3 heteroatoms. The van der Waals surface area contributed by atoms with Gasteiger partial charge in [0.2, 0.25) is 5.79 Å². The SMILES string of the molecule is Cc1ccc(N(c2ccccc2)c2ccccc2)cc1-c1ccc2c(c1)OC(C)(C)O2. The second-order valence-corrected chi connectivity index (χ2v) is 8.27. The molecule has 0 bridgehead atoms. The summed E-state index contributed by atoms with van der Waals surface area (Å²) in [6, 6.07) is 33.7. The molecule has 0 unspecified atom stereocenters. The van der Waals surface area contributed by atoms with E-state index in [1.54, 1.807) is 0 Å². The Hall–Kier alpha value is -3.72. The minimum absolute atomic E-state index is 0.630. The normalized spacial score (nSPS) is 13.8. The van der Waals surface area contributed by atoms with Crippen LogP contribution in [0.5, 0.6) is 11.5 Å². The van der Waals surface area contributed by atoms with Gasteiger partial charge in [0.1, 0.15) is 0 Å². The lowest BCUT2D eigenvalue weighted by atomic mass is 9.98. The van der Waals surface area contributed by atoms with Crippen molar-refractivity contribution in [1.82, 2.24) is 0 Å². The fourth-order valence-electron chi connectivity index (χ4n) is 4.05. The minimum atomic E-state index is -0.630. The molecule has 4 aromatic carbocycles. The van der Waals surface area contributed by atoms with Crippen LogP contribution in [0.15, 0.2) is 97.1 Å². The van der Waals surface area contributed by atoms with Crippen molar-refractivity contribution in [3.63, 3.8) is 0 Å². The number of rotatable bonds is 4. The molecule has 154 valence electrons. The zero-order valence-corrected chi connectivity index (χ0v) is 18.0. The lowest BCUT2D eigenvalue weighted by Gasteiger charge is -2.26. The van der Waals surface area contributed by atoms with E-state index in [4.69, 9.17) is 9.47 Å². The number of fused-ring (bicyclic) bond motifs is 1. The van der Waals surface area contributed by atoms with Gasteiger partial charge in [-0.05, 0) is 72.1 Å². The average Bonchev–Trinajstić information content (AvgIpc) is 3.09. The van der Waals surface area contributed by atoms with Gasteiger partial charge in [0.05, 0.1) is 0 Å². The molecule has 0 radical (unpaired) electrons. The monoisotopic (exact) mass is 407 g/mol. The van der Waals surface area contributed by atoms with Crippen LogP contribution in [0.2, 0.25) is 0 Å². The van der Waals surface area contributed by atoms with Gasteiger partial charge in [0.25, 0.3) is 0 Å². The Bertz CT molecular complexity index is 1180. The molecular formula is C28H25NO2. The van der Waals surface area contributed by atoms with E-state index in [1.165, 1.54) is 11.1 Å². The second kappa shape index (κ2) is 7.51. The Labute approximate surface area is 183 Å². The molecule has 0 saturated carbocycles. The highest BCUT2D eigenvalue weighted by atomic mass is 16.7. The zero-order valence-electron chi connectivity index (χ0n) is 18.0. The van der Waals surface area contributed by atoms with Gasteiger partial charge in [-0.15, -0.1) is 0 Å². The molecule has 1 heterocycles. The quantitative estimate of drug-likeness (QED) is 0.347. The van der Waals surface area contributed by atoms with Gasteiger partial charge >= 0.3 is 0 Å². The van der Waals surface area contributed by atoms with Crippen LogP contribution < -0.4 is 14.4 Å². The Morgan fingerprint density at radius 3 is 1.87 bits per heavy atom. The van der Waals surface area contributed by atoms with Crippen LogP contribution in [-0.4, -0.2) is 5.79 Å². The van der Waals surface area contributed by atoms with Crippen LogP contribution in [-0.2, 0) is 0 Å². The molecule has 0 amide bonds. The third kappa shape index (κ3) is 3.75. The van der Waals surface area contributed by atoms with Gasteiger partial charge in [-0.1, -0.05) is 48.5 Å². The van der Waals surface area contributed by atoms with E-state index in [1.807, 2.05) is 32.0 Å². The van der Waals surface area contributed by atoms with Gasteiger partial charge in [0, 0.05) is 30.9 Å². The first-order valence-electron chi connectivity index (χ1n) is 10.5. The molecule has 5 rings (SSSR count). The van der Waals surface area contributed by atoms with Gasteiger partial charge in [0.15, 0.2) is 11.5 Å². The van der Waals surface area contributed by atoms with Crippen molar-refractivity contribution in [3.8, 4) is 22.6 Å². The summed E-state index contributed by atoms with van der Waals surface area (Å²) in [5.74, 6) is 0.947. The first-order chi connectivity index (χ1) is 15.0. The largest absolute Gasteiger partial charge is 0.449 e. The number of ether oxygens (including phenoxy) is 2. The summed E-state index contributed by atoms with van der Waals surface area (Å²) in [4.78, 5) is 2.28. The smallest absolute Gasteiger partial charge is 0.246 e. The molecule has 0 saturated heterocycles. The number of aryl methyl sites for hydroxylation is 1. The number of para-hydroxylation sites is 2. The Balaban J connectivity index is 1.61. The van der Waals surface area contributed by atoms with Crippen LogP contribution in [0.25, 0.3) is 11.1 Å². The maximum atomic E-state index is 5.98. The Morgan fingerprint density at radius 1 is 0.613 bits per heavy atom. The predicted octanol–water partition coefficient (Wildman–Crippen LogP) is 7.64. The van der Waals surface area contributed by atoms with Gasteiger partial charge in [-0.3, -0.25) is 0 Å². The Kier molecular flexibility index (Phi) is 4.67. The minimum Gasteiger partial charge on any atom is -0.449 e. The molecule has 4 aromatic rings. The third-order valence-electron chi connectivity index (χ3n) is 5.47. The fourth-order valence-corrected chi connectivity index (χ4v) is 4.05. The number of benzene rings is 4. The highest BCUT2D eigenvalue weighted by Gasteiger charge is 2.31. The van der Waals surface area contributed by atoms with Crippen LogP contribution in [0.4, 0.5) is 17.1 Å². The number of hydrogen-bond donors (Lipinski definition) is 0. The third-order valence-corrected chi connectivity index (χ3v) is 5.47. The molecule has 0 aromatic heterocycles. The van der Waals surface area contributed by atoms with E-state index in [0.717, 1.165) is 34.1 Å². The maximum Gasteiger partial charge on any atom is 0.246 e. The lowest BCUT2D eigenvalue weighted by Crippen LogP contribution is -2.29. The maximum absolute atomic E-state index is 5.98. The predicted molar refractivity (Wildman–Crippen MR) is 127 cm³/mol. The van der Waals surface area contributed by atoms with E-state index < -0.39 is 5.79 Å². The van der Waals surface area contributed by atoms with Crippen molar-refractivity contribution in [3.05, 3.63) is 103 Å². The molecule has 0 atom stereocenters. The number of nitrogens with zero attached hydrogens (tertiary/aromatic N) is 1. The molecule has 0 spiro atoms. The molecule has 1 aliphatic heterocycles. The topological polar surface area (TPSA) is 21.7 Å². The summed E-state index contributed by atoms with van der Waals surface area (Å²) in [5, 5.41) is 0. The fraction of sp³-hybridized carbons (Fsp3) is 0.143. The van der Waals surface area contributed by atoms with Gasteiger partial charge in [-0.25, -0.2) is 0 Å². The summed E-state index contributed by atoms with van der Waals surface area (Å²) >= 11 is 0. The first kappa shape index (κ1) is 19.3.